The second kappa shape index (κ2) is 5.10. The van der Waals surface area contributed by atoms with Crippen LogP contribution in [-0.4, -0.2) is 0 Å². The molecule has 0 heteroatoms. The van der Waals surface area contributed by atoms with Crippen molar-refractivity contribution < 1.29 is 0 Å². The molecule has 4 atom stereocenters. The Labute approximate surface area is 102 Å². The molecule has 2 aliphatic carbocycles. The summed E-state index contributed by atoms with van der Waals surface area (Å²) in [6, 6.07) is 0. The predicted octanol–water partition coefficient (Wildman–Crippen LogP) is 5.13. The fraction of sp³-hybridized carbons (Fsp3) is 1.00. The zero-order valence-corrected chi connectivity index (χ0v) is 11.7. The third-order valence-corrected chi connectivity index (χ3v) is 5.39. The van der Waals surface area contributed by atoms with Crippen molar-refractivity contribution in [1.29, 1.82) is 0 Å². The Morgan fingerprint density at radius 1 is 0.688 bits per heavy atom. The zero-order chi connectivity index (χ0) is 11.7. The van der Waals surface area contributed by atoms with Gasteiger partial charge in [-0.1, -0.05) is 47.0 Å². The minimum atomic E-state index is 0.982. The summed E-state index contributed by atoms with van der Waals surface area (Å²) in [6.45, 7) is 9.98. The molecule has 16 heavy (non-hydrogen) atoms. The molecule has 0 aromatic carbocycles. The molecule has 0 amide bonds. The van der Waals surface area contributed by atoms with Gasteiger partial charge in [-0.25, -0.2) is 0 Å². The monoisotopic (exact) mass is 222 g/mol. The SMILES string of the molecule is CC1CC(C)CC(C2C(C)CCCC2C)C1. The van der Waals surface area contributed by atoms with Crippen molar-refractivity contribution in [3.63, 3.8) is 0 Å². The molecular formula is C16H30. The van der Waals surface area contributed by atoms with Gasteiger partial charge in [0.2, 0.25) is 0 Å². The molecule has 0 radical (unpaired) electrons. The first-order chi connectivity index (χ1) is 7.58. The van der Waals surface area contributed by atoms with Crippen LogP contribution >= 0.6 is 0 Å². The second-order valence-corrected chi connectivity index (χ2v) is 7.14. The highest BCUT2D eigenvalue weighted by Crippen LogP contribution is 2.46. The Morgan fingerprint density at radius 2 is 1.19 bits per heavy atom. The van der Waals surface area contributed by atoms with Crippen LogP contribution in [0.15, 0.2) is 0 Å². The third kappa shape index (κ3) is 2.63. The lowest BCUT2D eigenvalue weighted by Crippen LogP contribution is -2.35. The van der Waals surface area contributed by atoms with Crippen molar-refractivity contribution in [2.45, 2.75) is 66.2 Å². The largest absolute Gasteiger partial charge is 0.0625 e. The van der Waals surface area contributed by atoms with Gasteiger partial charge >= 0.3 is 0 Å². The van der Waals surface area contributed by atoms with E-state index in [-0.39, 0.29) is 0 Å². The van der Waals surface area contributed by atoms with Gasteiger partial charge in [0.05, 0.1) is 0 Å². The van der Waals surface area contributed by atoms with Crippen LogP contribution in [0.25, 0.3) is 0 Å². The Balaban J connectivity index is 2.03. The number of hydrogen-bond acceptors (Lipinski definition) is 0. The van der Waals surface area contributed by atoms with E-state index in [2.05, 4.69) is 27.7 Å². The molecule has 4 unspecified atom stereocenters. The van der Waals surface area contributed by atoms with Gasteiger partial charge in [0.1, 0.15) is 0 Å². The fourth-order valence-electron chi connectivity index (χ4n) is 4.96. The Morgan fingerprint density at radius 3 is 1.69 bits per heavy atom. The summed E-state index contributed by atoms with van der Waals surface area (Å²) in [5.41, 5.74) is 0. The van der Waals surface area contributed by atoms with Crippen LogP contribution in [0.4, 0.5) is 0 Å². The number of hydrogen-bond donors (Lipinski definition) is 0. The maximum Gasteiger partial charge on any atom is -0.0334 e. The summed E-state index contributed by atoms with van der Waals surface area (Å²) in [6.07, 6.45) is 8.98. The first-order valence-electron chi connectivity index (χ1n) is 7.58. The van der Waals surface area contributed by atoms with Crippen LogP contribution in [0.5, 0.6) is 0 Å². The van der Waals surface area contributed by atoms with Gasteiger partial charge in [0.15, 0.2) is 0 Å². The molecule has 2 fully saturated rings. The van der Waals surface area contributed by atoms with E-state index in [4.69, 9.17) is 0 Å². The highest BCUT2D eigenvalue weighted by atomic mass is 14.4. The molecule has 2 aliphatic rings. The highest BCUT2D eigenvalue weighted by molar-refractivity contribution is 4.87. The molecule has 0 nitrogen and oxygen atoms in total. The first kappa shape index (κ1) is 12.5. The van der Waals surface area contributed by atoms with Crippen LogP contribution in [-0.2, 0) is 0 Å². The molecule has 0 aliphatic heterocycles. The van der Waals surface area contributed by atoms with Crippen molar-refractivity contribution >= 4 is 0 Å². The van der Waals surface area contributed by atoms with Gasteiger partial charge in [-0.2, -0.15) is 0 Å². The highest BCUT2D eigenvalue weighted by Gasteiger charge is 2.37. The maximum absolute atomic E-state index is 2.52. The van der Waals surface area contributed by atoms with Crippen molar-refractivity contribution in [2.24, 2.45) is 35.5 Å². The van der Waals surface area contributed by atoms with E-state index < -0.39 is 0 Å². The maximum atomic E-state index is 2.52. The molecule has 2 rings (SSSR count). The molecule has 0 spiro atoms. The summed E-state index contributed by atoms with van der Waals surface area (Å²) >= 11 is 0. The Bertz CT molecular complexity index is 200. The molecule has 0 bridgehead atoms. The van der Waals surface area contributed by atoms with Crippen LogP contribution in [0.2, 0.25) is 0 Å². The summed E-state index contributed by atoms with van der Waals surface area (Å²) in [5, 5.41) is 0. The third-order valence-electron chi connectivity index (χ3n) is 5.39. The molecular weight excluding hydrogens is 192 g/mol. The number of rotatable bonds is 1. The lowest BCUT2D eigenvalue weighted by molar-refractivity contribution is 0.0574. The quantitative estimate of drug-likeness (QED) is 0.577. The van der Waals surface area contributed by atoms with Gasteiger partial charge in [-0.15, -0.1) is 0 Å². The first-order valence-corrected chi connectivity index (χ1v) is 7.58. The molecule has 2 saturated carbocycles. The zero-order valence-electron chi connectivity index (χ0n) is 11.7. The van der Waals surface area contributed by atoms with Crippen LogP contribution < -0.4 is 0 Å². The average molecular weight is 222 g/mol. The summed E-state index contributed by atoms with van der Waals surface area (Å²) < 4.78 is 0. The van der Waals surface area contributed by atoms with E-state index in [1.54, 1.807) is 0 Å². The molecule has 0 heterocycles. The normalized spacial score (nSPS) is 50.2. The van der Waals surface area contributed by atoms with Gasteiger partial charge in [0, 0.05) is 0 Å². The predicted molar refractivity (Wildman–Crippen MR) is 71.3 cm³/mol. The molecule has 0 aromatic heterocycles. The molecule has 94 valence electrons. The van der Waals surface area contributed by atoms with Crippen LogP contribution in [0, 0.1) is 35.5 Å². The van der Waals surface area contributed by atoms with E-state index in [0.29, 0.717) is 0 Å². The van der Waals surface area contributed by atoms with Crippen molar-refractivity contribution in [3.8, 4) is 0 Å². The average Bonchev–Trinajstić information content (AvgIpc) is 2.15. The minimum absolute atomic E-state index is 0.982. The second-order valence-electron chi connectivity index (χ2n) is 7.14. The van der Waals surface area contributed by atoms with Crippen LogP contribution in [0.3, 0.4) is 0 Å². The van der Waals surface area contributed by atoms with E-state index in [0.717, 1.165) is 35.5 Å². The molecule has 0 N–H and O–H groups in total. The Hall–Kier alpha value is 0. The smallest absolute Gasteiger partial charge is 0.0334 e. The molecule has 0 aromatic rings. The van der Waals surface area contributed by atoms with Gasteiger partial charge < -0.3 is 0 Å². The summed E-state index contributed by atoms with van der Waals surface area (Å²) in [5.74, 6) is 6.03. The Kier molecular flexibility index (Phi) is 3.97. The summed E-state index contributed by atoms with van der Waals surface area (Å²) in [7, 11) is 0. The minimum Gasteiger partial charge on any atom is -0.0625 e. The van der Waals surface area contributed by atoms with Crippen molar-refractivity contribution in [1.82, 2.24) is 0 Å². The lowest BCUT2D eigenvalue weighted by atomic mass is 9.61. The molecule has 0 saturated heterocycles. The van der Waals surface area contributed by atoms with Crippen molar-refractivity contribution in [2.75, 3.05) is 0 Å². The lowest BCUT2D eigenvalue weighted by Gasteiger charge is -2.44. The fourth-order valence-corrected chi connectivity index (χ4v) is 4.96. The van der Waals surface area contributed by atoms with E-state index >= 15 is 0 Å². The van der Waals surface area contributed by atoms with Crippen LogP contribution in [0.1, 0.15) is 66.2 Å². The van der Waals surface area contributed by atoms with E-state index in [1.807, 2.05) is 0 Å². The summed E-state index contributed by atoms with van der Waals surface area (Å²) in [4.78, 5) is 0. The van der Waals surface area contributed by atoms with E-state index in [1.165, 1.54) is 38.5 Å². The van der Waals surface area contributed by atoms with E-state index in [9.17, 15) is 0 Å². The standard InChI is InChI=1S/C16H30/c1-11-8-12(2)10-15(9-11)16-13(3)6-5-7-14(16)4/h11-16H,5-10H2,1-4H3. The van der Waals surface area contributed by atoms with Gasteiger partial charge in [-0.3, -0.25) is 0 Å². The van der Waals surface area contributed by atoms with Gasteiger partial charge in [-0.05, 0) is 54.8 Å². The van der Waals surface area contributed by atoms with Gasteiger partial charge in [0.25, 0.3) is 0 Å². The topological polar surface area (TPSA) is 0 Å². The van der Waals surface area contributed by atoms with Crippen molar-refractivity contribution in [3.05, 3.63) is 0 Å².